The molecule has 0 saturated heterocycles. The lowest BCUT2D eigenvalue weighted by Gasteiger charge is -1.97. The first-order valence-corrected chi connectivity index (χ1v) is 7.74. The molecule has 2 nitrogen and oxygen atoms in total. The van der Waals surface area contributed by atoms with Gasteiger partial charge in [0, 0.05) is 15.8 Å². The number of halogens is 1. The first-order valence-electron chi connectivity index (χ1n) is 6.92. The molecule has 22 heavy (non-hydrogen) atoms. The van der Waals surface area contributed by atoms with Crippen molar-refractivity contribution in [2.45, 2.75) is 34.6 Å². The predicted molar refractivity (Wildman–Crippen MR) is 91.9 cm³/mol. The lowest BCUT2D eigenvalue weighted by Crippen LogP contribution is -1.88. The third-order valence-electron chi connectivity index (χ3n) is 3.34. The minimum Gasteiger partial charge on any atom is -0.478 e. The number of allylic oxidation sites excluding steroid dienone is 6. The van der Waals surface area contributed by atoms with Gasteiger partial charge in [-0.25, -0.2) is 9.18 Å². The number of carboxylic acids is 1. The summed E-state index contributed by atoms with van der Waals surface area (Å²) in [7, 11) is 0. The fourth-order valence-electron chi connectivity index (χ4n) is 1.92. The van der Waals surface area contributed by atoms with Crippen LogP contribution in [0.4, 0.5) is 4.39 Å². The third kappa shape index (κ3) is 5.11. The summed E-state index contributed by atoms with van der Waals surface area (Å²) >= 11 is 1.74. The van der Waals surface area contributed by atoms with Gasteiger partial charge in [0.15, 0.2) is 0 Å². The van der Waals surface area contributed by atoms with Crippen molar-refractivity contribution in [2.75, 3.05) is 0 Å². The average molecular weight is 320 g/mol. The van der Waals surface area contributed by atoms with Gasteiger partial charge >= 0.3 is 5.97 Å². The molecule has 0 radical (unpaired) electrons. The van der Waals surface area contributed by atoms with E-state index in [0.717, 1.165) is 11.6 Å². The second-order valence-corrected chi connectivity index (χ2v) is 6.61. The number of aryl methyl sites for hydroxylation is 2. The van der Waals surface area contributed by atoms with E-state index in [1.165, 1.54) is 27.5 Å². The summed E-state index contributed by atoms with van der Waals surface area (Å²) in [5, 5.41) is 8.60. The van der Waals surface area contributed by atoms with Gasteiger partial charge in [-0.1, -0.05) is 18.2 Å². The zero-order valence-corrected chi connectivity index (χ0v) is 14.3. The van der Waals surface area contributed by atoms with Gasteiger partial charge in [-0.3, -0.25) is 0 Å². The molecule has 1 rings (SSSR count). The van der Waals surface area contributed by atoms with E-state index in [0.29, 0.717) is 11.1 Å². The molecule has 1 N–H and O–H groups in total. The van der Waals surface area contributed by atoms with E-state index in [2.05, 4.69) is 20.8 Å². The van der Waals surface area contributed by atoms with Gasteiger partial charge in [0.25, 0.3) is 0 Å². The Bertz CT molecular complexity index is 688. The van der Waals surface area contributed by atoms with E-state index in [1.54, 1.807) is 31.3 Å². The van der Waals surface area contributed by atoms with Crippen molar-refractivity contribution in [3.05, 3.63) is 62.2 Å². The molecule has 0 fully saturated rings. The molecule has 0 unspecified atom stereocenters. The van der Waals surface area contributed by atoms with Crippen molar-refractivity contribution in [2.24, 2.45) is 0 Å². The van der Waals surface area contributed by atoms with Crippen molar-refractivity contribution in [1.82, 2.24) is 0 Å². The summed E-state index contributed by atoms with van der Waals surface area (Å²) in [4.78, 5) is 13.0. The van der Waals surface area contributed by atoms with Crippen LogP contribution in [0.1, 0.15) is 34.7 Å². The number of thiophene rings is 1. The minimum atomic E-state index is -1.04. The smallest absolute Gasteiger partial charge is 0.328 e. The first-order chi connectivity index (χ1) is 10.2. The molecule has 0 aliphatic heterocycles. The largest absolute Gasteiger partial charge is 0.478 e. The van der Waals surface area contributed by atoms with Gasteiger partial charge in [-0.15, -0.1) is 11.3 Å². The molecule has 0 aliphatic rings. The molecule has 0 aliphatic carbocycles. The summed E-state index contributed by atoms with van der Waals surface area (Å²) in [5.74, 6) is -1.42. The molecule has 4 heteroatoms. The van der Waals surface area contributed by atoms with Crippen LogP contribution in [-0.4, -0.2) is 11.1 Å². The van der Waals surface area contributed by atoms with E-state index in [1.807, 2.05) is 6.08 Å². The molecular weight excluding hydrogens is 299 g/mol. The van der Waals surface area contributed by atoms with E-state index in [-0.39, 0.29) is 5.83 Å². The van der Waals surface area contributed by atoms with Crippen LogP contribution in [-0.2, 0) is 4.79 Å². The number of carbonyl (C=O) groups is 1. The van der Waals surface area contributed by atoms with Crippen LogP contribution in [0.25, 0.3) is 6.08 Å². The summed E-state index contributed by atoms with van der Waals surface area (Å²) in [6.07, 6.45) is 7.45. The Labute approximate surface area is 135 Å². The quantitative estimate of drug-likeness (QED) is 0.573. The standard InChI is InChI=1S/C18H21FO2S/c1-11(10-18(20)21)6-9-17(19)12(2)7-8-16-13(3)14(4)22-15(16)5/h6-10H,1-5H3,(H,20,21)/b8-7+,9-6+,11-10+,17-12+. The van der Waals surface area contributed by atoms with Crippen LogP contribution < -0.4 is 0 Å². The van der Waals surface area contributed by atoms with Crippen molar-refractivity contribution in [1.29, 1.82) is 0 Å². The van der Waals surface area contributed by atoms with E-state index < -0.39 is 5.97 Å². The Balaban J connectivity index is 2.94. The second kappa shape index (κ2) is 7.90. The zero-order valence-electron chi connectivity index (χ0n) is 13.5. The highest BCUT2D eigenvalue weighted by Gasteiger charge is 2.06. The van der Waals surface area contributed by atoms with Crippen LogP contribution in [0.3, 0.4) is 0 Å². The fraction of sp³-hybridized carbons (Fsp3) is 0.278. The monoisotopic (exact) mass is 320 g/mol. The van der Waals surface area contributed by atoms with Crippen LogP contribution in [0, 0.1) is 20.8 Å². The molecule has 1 aromatic heterocycles. The number of aliphatic carboxylic acids is 1. The van der Waals surface area contributed by atoms with Gasteiger partial charge in [0.2, 0.25) is 0 Å². The van der Waals surface area contributed by atoms with E-state index >= 15 is 0 Å². The predicted octanol–water partition coefficient (Wildman–Crippen LogP) is 5.52. The summed E-state index contributed by atoms with van der Waals surface area (Å²) < 4.78 is 14.0. The normalized spacial score (nSPS) is 14.0. The van der Waals surface area contributed by atoms with Gasteiger partial charge in [0.05, 0.1) is 0 Å². The molecule has 118 valence electrons. The first kappa shape index (κ1) is 18.1. The highest BCUT2D eigenvalue weighted by atomic mass is 32.1. The molecular formula is C18H21FO2S. The van der Waals surface area contributed by atoms with Crippen molar-refractivity contribution >= 4 is 23.4 Å². The Hall–Kier alpha value is -1.94. The van der Waals surface area contributed by atoms with E-state index in [9.17, 15) is 9.18 Å². The number of hydrogen-bond acceptors (Lipinski definition) is 2. The highest BCUT2D eigenvalue weighted by molar-refractivity contribution is 7.12. The third-order valence-corrected chi connectivity index (χ3v) is 4.48. The minimum absolute atomic E-state index is 0.378. The fourth-order valence-corrected chi connectivity index (χ4v) is 2.98. The maximum absolute atomic E-state index is 14.0. The summed E-state index contributed by atoms with van der Waals surface area (Å²) in [6, 6.07) is 0. The van der Waals surface area contributed by atoms with Gasteiger partial charge < -0.3 is 5.11 Å². The van der Waals surface area contributed by atoms with Crippen molar-refractivity contribution in [3.63, 3.8) is 0 Å². The molecule has 0 aromatic carbocycles. The van der Waals surface area contributed by atoms with Gasteiger partial charge in [-0.05, 0) is 63.0 Å². The molecule has 1 heterocycles. The maximum Gasteiger partial charge on any atom is 0.328 e. The Morgan fingerprint density at radius 1 is 1.09 bits per heavy atom. The lowest BCUT2D eigenvalue weighted by molar-refractivity contribution is -0.131. The zero-order chi connectivity index (χ0) is 16.9. The van der Waals surface area contributed by atoms with Gasteiger partial charge in [0.1, 0.15) is 5.83 Å². The van der Waals surface area contributed by atoms with E-state index in [4.69, 9.17) is 5.11 Å². The number of carboxylic acid groups (broad SMARTS) is 1. The van der Waals surface area contributed by atoms with Crippen molar-refractivity contribution in [3.8, 4) is 0 Å². The van der Waals surface area contributed by atoms with Gasteiger partial charge in [-0.2, -0.15) is 0 Å². The van der Waals surface area contributed by atoms with Crippen molar-refractivity contribution < 1.29 is 14.3 Å². The lowest BCUT2D eigenvalue weighted by atomic mass is 10.1. The Kier molecular flexibility index (Phi) is 6.50. The summed E-state index contributed by atoms with van der Waals surface area (Å²) in [5.41, 5.74) is 3.35. The van der Waals surface area contributed by atoms with Crippen LogP contribution in [0.2, 0.25) is 0 Å². The molecule has 0 bridgehead atoms. The molecule has 0 saturated carbocycles. The molecule has 1 aromatic rings. The topological polar surface area (TPSA) is 37.3 Å². The molecule has 0 amide bonds. The Morgan fingerprint density at radius 2 is 1.73 bits per heavy atom. The second-order valence-electron chi connectivity index (χ2n) is 5.18. The Morgan fingerprint density at radius 3 is 2.23 bits per heavy atom. The average Bonchev–Trinajstić information content (AvgIpc) is 2.66. The maximum atomic E-state index is 14.0. The molecule has 0 spiro atoms. The highest BCUT2D eigenvalue weighted by Crippen LogP contribution is 2.28. The number of rotatable bonds is 5. The van der Waals surface area contributed by atoms with Crippen LogP contribution >= 0.6 is 11.3 Å². The van der Waals surface area contributed by atoms with Crippen LogP contribution in [0.5, 0.6) is 0 Å². The number of hydrogen-bond donors (Lipinski definition) is 1. The van der Waals surface area contributed by atoms with Crippen LogP contribution in [0.15, 0.2) is 41.3 Å². The SMILES string of the molecule is CC(/C=C/C(F)=C(C)\C=C\c1c(C)sc(C)c1C)=C\C(=O)O. The molecule has 0 atom stereocenters. The summed E-state index contributed by atoms with van der Waals surface area (Å²) in [6.45, 7) is 9.50.